The highest BCUT2D eigenvalue weighted by atomic mass is 16.5. The van der Waals surface area contributed by atoms with E-state index in [0.717, 1.165) is 11.1 Å². The van der Waals surface area contributed by atoms with E-state index in [1.807, 2.05) is 36.2 Å². The molecule has 1 amide bonds. The summed E-state index contributed by atoms with van der Waals surface area (Å²) in [5.41, 5.74) is 1.97. The second kappa shape index (κ2) is 7.65. The summed E-state index contributed by atoms with van der Waals surface area (Å²) in [6, 6.07) is 7.70. The van der Waals surface area contributed by atoms with Crippen LogP contribution in [-0.4, -0.2) is 56.5 Å². The number of nitrogens with zero attached hydrogens (tertiary/aromatic N) is 2. The molecule has 0 atom stereocenters. The van der Waals surface area contributed by atoms with Crippen molar-refractivity contribution in [3.8, 4) is 0 Å². The van der Waals surface area contributed by atoms with Gasteiger partial charge >= 0.3 is 5.97 Å². The van der Waals surface area contributed by atoms with Crippen molar-refractivity contribution >= 4 is 11.9 Å². The Morgan fingerprint density at radius 2 is 1.70 bits per heavy atom. The number of rotatable bonds is 6. The highest BCUT2D eigenvalue weighted by Crippen LogP contribution is 2.12. The highest BCUT2D eigenvalue weighted by Gasteiger charge is 2.12. The van der Waals surface area contributed by atoms with Crippen LogP contribution in [0.5, 0.6) is 0 Å². The van der Waals surface area contributed by atoms with Gasteiger partial charge in [0.25, 0.3) is 0 Å². The third kappa shape index (κ3) is 5.01. The quantitative estimate of drug-likeness (QED) is 0.726. The zero-order valence-corrected chi connectivity index (χ0v) is 12.5. The number of carbonyl (C=O) groups excluding carboxylic acids is 2. The molecule has 0 heterocycles. The molecule has 0 aromatic heterocycles. The van der Waals surface area contributed by atoms with Crippen molar-refractivity contribution in [2.75, 3.05) is 34.8 Å². The average molecular weight is 278 g/mol. The number of esters is 1. The molecule has 0 saturated carbocycles. The van der Waals surface area contributed by atoms with Gasteiger partial charge in [-0.1, -0.05) is 24.3 Å². The van der Waals surface area contributed by atoms with E-state index in [0.29, 0.717) is 13.1 Å². The van der Waals surface area contributed by atoms with Crippen molar-refractivity contribution in [1.82, 2.24) is 9.80 Å². The van der Waals surface area contributed by atoms with E-state index in [4.69, 9.17) is 4.74 Å². The van der Waals surface area contributed by atoms with Crippen LogP contribution in [0.1, 0.15) is 11.1 Å². The van der Waals surface area contributed by atoms with Gasteiger partial charge in [-0.25, -0.2) is 0 Å². The van der Waals surface area contributed by atoms with Crippen molar-refractivity contribution in [3.63, 3.8) is 0 Å². The fraction of sp³-hybridized carbons (Fsp3) is 0.467. The Morgan fingerprint density at radius 3 is 2.25 bits per heavy atom. The van der Waals surface area contributed by atoms with E-state index in [-0.39, 0.29) is 18.3 Å². The molecule has 0 N–H and O–H groups in total. The number of ether oxygens (including phenoxy) is 1. The zero-order chi connectivity index (χ0) is 15.1. The third-order valence-electron chi connectivity index (χ3n) is 3.03. The van der Waals surface area contributed by atoms with Crippen LogP contribution in [0, 0.1) is 0 Å². The normalized spacial score (nSPS) is 10.4. The molecule has 0 bridgehead atoms. The van der Waals surface area contributed by atoms with Gasteiger partial charge in [0.05, 0.1) is 20.1 Å². The summed E-state index contributed by atoms with van der Waals surface area (Å²) < 4.78 is 4.70. The van der Waals surface area contributed by atoms with Gasteiger partial charge in [-0.05, 0) is 18.2 Å². The molecule has 0 unspecified atom stereocenters. The summed E-state index contributed by atoms with van der Waals surface area (Å²) in [5, 5.41) is 0. The summed E-state index contributed by atoms with van der Waals surface area (Å²) >= 11 is 0. The molecule has 5 nitrogen and oxygen atoms in total. The van der Waals surface area contributed by atoms with Gasteiger partial charge in [-0.15, -0.1) is 0 Å². The second-order valence-corrected chi connectivity index (χ2v) is 4.98. The van der Waals surface area contributed by atoms with Gasteiger partial charge in [0.1, 0.15) is 0 Å². The Hall–Kier alpha value is -1.88. The minimum absolute atomic E-state index is 0.0537. The first kappa shape index (κ1) is 16.2. The first-order valence-corrected chi connectivity index (χ1v) is 6.46. The molecular formula is C15H22N2O3. The zero-order valence-electron chi connectivity index (χ0n) is 12.5. The number of likely N-dealkylation sites (N-methyl/N-ethyl adjacent to an activating group) is 2. The molecule has 1 aromatic rings. The van der Waals surface area contributed by atoms with Crippen molar-refractivity contribution < 1.29 is 14.3 Å². The van der Waals surface area contributed by atoms with E-state index in [9.17, 15) is 9.59 Å². The molecule has 0 fully saturated rings. The first-order valence-electron chi connectivity index (χ1n) is 6.46. The first-order chi connectivity index (χ1) is 9.43. The molecule has 110 valence electrons. The maximum absolute atomic E-state index is 11.7. The molecule has 5 heteroatoms. The van der Waals surface area contributed by atoms with Crippen LogP contribution < -0.4 is 0 Å². The third-order valence-corrected chi connectivity index (χ3v) is 3.03. The van der Waals surface area contributed by atoms with Crippen LogP contribution in [0.15, 0.2) is 24.3 Å². The van der Waals surface area contributed by atoms with Gasteiger partial charge in [0.2, 0.25) is 5.91 Å². The van der Waals surface area contributed by atoms with Crippen LogP contribution in [0.2, 0.25) is 0 Å². The Morgan fingerprint density at radius 1 is 1.10 bits per heavy atom. The maximum Gasteiger partial charge on any atom is 0.309 e. The monoisotopic (exact) mass is 278 g/mol. The van der Waals surface area contributed by atoms with E-state index in [2.05, 4.69) is 0 Å². The van der Waals surface area contributed by atoms with Gasteiger partial charge in [0.15, 0.2) is 0 Å². The van der Waals surface area contributed by atoms with Crippen LogP contribution in [0.4, 0.5) is 0 Å². The molecule has 0 aliphatic rings. The number of hydrogen-bond donors (Lipinski definition) is 0. The molecule has 0 aliphatic heterocycles. The molecule has 0 radical (unpaired) electrons. The Balaban J connectivity index is 2.71. The topological polar surface area (TPSA) is 49.9 Å². The number of hydrogen-bond acceptors (Lipinski definition) is 4. The summed E-state index contributed by atoms with van der Waals surface area (Å²) in [7, 11) is 6.74. The van der Waals surface area contributed by atoms with Crippen LogP contribution in [0.25, 0.3) is 0 Å². The average Bonchev–Trinajstić information content (AvgIpc) is 2.40. The smallest absolute Gasteiger partial charge is 0.309 e. The largest absolute Gasteiger partial charge is 0.469 e. The number of carbonyl (C=O) groups is 2. The lowest BCUT2D eigenvalue weighted by molar-refractivity contribution is -0.139. The van der Waals surface area contributed by atoms with E-state index < -0.39 is 0 Å². The van der Waals surface area contributed by atoms with Crippen LogP contribution in [-0.2, 0) is 27.3 Å². The predicted molar refractivity (Wildman–Crippen MR) is 77.2 cm³/mol. The highest BCUT2D eigenvalue weighted by molar-refractivity contribution is 5.77. The summed E-state index contributed by atoms with van der Waals surface area (Å²) in [5.74, 6) is -0.206. The number of benzene rings is 1. The predicted octanol–water partition coefficient (Wildman–Crippen LogP) is 0.922. The molecule has 0 spiro atoms. The van der Waals surface area contributed by atoms with E-state index >= 15 is 0 Å². The van der Waals surface area contributed by atoms with Crippen molar-refractivity contribution in [2.24, 2.45) is 0 Å². The van der Waals surface area contributed by atoms with E-state index in [1.165, 1.54) is 7.11 Å². The lowest BCUT2D eigenvalue weighted by atomic mass is 10.0. The summed E-state index contributed by atoms with van der Waals surface area (Å²) in [6.07, 6.45) is 0.252. The van der Waals surface area contributed by atoms with Crippen LogP contribution in [0.3, 0.4) is 0 Å². The Bertz CT molecular complexity index is 472. The SMILES string of the molecule is COC(=O)Cc1ccccc1CN(C)CC(=O)N(C)C. The van der Waals surface area contributed by atoms with Crippen molar-refractivity contribution in [2.45, 2.75) is 13.0 Å². The summed E-state index contributed by atoms with van der Waals surface area (Å²) in [6.45, 7) is 0.965. The van der Waals surface area contributed by atoms with Crippen molar-refractivity contribution in [3.05, 3.63) is 35.4 Å². The maximum atomic E-state index is 11.7. The van der Waals surface area contributed by atoms with Crippen molar-refractivity contribution in [1.29, 1.82) is 0 Å². The molecule has 0 aliphatic carbocycles. The molecule has 1 aromatic carbocycles. The van der Waals surface area contributed by atoms with Gasteiger partial charge in [-0.3, -0.25) is 14.5 Å². The van der Waals surface area contributed by atoms with Crippen LogP contribution >= 0.6 is 0 Å². The number of methoxy groups -OCH3 is 1. The number of amides is 1. The second-order valence-electron chi connectivity index (χ2n) is 4.98. The molecule has 20 heavy (non-hydrogen) atoms. The van der Waals surface area contributed by atoms with Gasteiger partial charge < -0.3 is 9.64 Å². The summed E-state index contributed by atoms with van der Waals surface area (Å²) in [4.78, 5) is 26.5. The standard InChI is InChI=1S/C15H22N2O3/c1-16(2)14(18)11-17(3)10-13-8-6-5-7-12(13)9-15(19)20-4/h5-8H,9-11H2,1-4H3. The fourth-order valence-corrected chi connectivity index (χ4v) is 1.83. The lowest BCUT2D eigenvalue weighted by Crippen LogP contribution is -2.34. The fourth-order valence-electron chi connectivity index (χ4n) is 1.83. The molecule has 1 rings (SSSR count). The lowest BCUT2D eigenvalue weighted by Gasteiger charge is -2.20. The Labute approximate surface area is 120 Å². The minimum Gasteiger partial charge on any atom is -0.469 e. The minimum atomic E-state index is -0.260. The van der Waals surface area contributed by atoms with E-state index in [1.54, 1.807) is 19.0 Å². The van der Waals surface area contributed by atoms with Gasteiger partial charge in [-0.2, -0.15) is 0 Å². The molecular weight excluding hydrogens is 256 g/mol. The van der Waals surface area contributed by atoms with Gasteiger partial charge in [0, 0.05) is 20.6 Å². The Kier molecular flexibility index (Phi) is 6.18. The molecule has 0 saturated heterocycles.